The van der Waals surface area contributed by atoms with Gasteiger partial charge in [0, 0.05) is 8.04 Å². The first-order chi connectivity index (χ1) is 14.1. The lowest BCUT2D eigenvalue weighted by molar-refractivity contribution is -0.129. The average Bonchev–Trinajstić information content (AvgIpc) is 3.08. The maximum Gasteiger partial charge on any atom is 0.363 e. The second-order valence-electron chi connectivity index (χ2n) is 6.30. The van der Waals surface area contributed by atoms with E-state index < -0.39 is 5.97 Å². The first-order valence-electron chi connectivity index (χ1n) is 8.83. The van der Waals surface area contributed by atoms with E-state index in [0.717, 1.165) is 26.9 Å². The van der Waals surface area contributed by atoms with Crippen LogP contribution in [0.3, 0.4) is 0 Å². The van der Waals surface area contributed by atoms with Gasteiger partial charge in [0.25, 0.3) is 0 Å². The maximum absolute atomic E-state index is 12.2. The molecular weight excluding hydrogens is 545 g/mol. The van der Waals surface area contributed by atoms with Gasteiger partial charge in [-0.25, -0.2) is 9.79 Å². The van der Waals surface area contributed by atoms with Crippen molar-refractivity contribution in [1.82, 2.24) is 0 Å². The molecule has 29 heavy (non-hydrogen) atoms. The minimum atomic E-state index is -0.463. The fourth-order valence-corrected chi connectivity index (χ4v) is 3.83. The lowest BCUT2D eigenvalue weighted by atomic mass is 10.2. The van der Waals surface area contributed by atoms with Gasteiger partial charge < -0.3 is 9.47 Å². The topological polar surface area (TPSA) is 47.9 Å². The number of halogens is 2. The molecule has 3 aromatic carbocycles. The normalized spacial score (nSPS) is 14.6. The third-order valence-corrected chi connectivity index (χ3v) is 5.57. The van der Waals surface area contributed by atoms with E-state index in [0.29, 0.717) is 12.5 Å². The number of nitrogens with zero attached hydrogens (tertiary/aromatic N) is 1. The summed E-state index contributed by atoms with van der Waals surface area (Å²) in [7, 11) is 0. The summed E-state index contributed by atoms with van der Waals surface area (Å²) in [6, 6.07) is 23.2. The van der Waals surface area contributed by atoms with Gasteiger partial charge in [-0.1, -0.05) is 36.4 Å². The van der Waals surface area contributed by atoms with Crippen LogP contribution in [0.2, 0.25) is 0 Å². The first-order valence-corrected chi connectivity index (χ1v) is 10.7. The van der Waals surface area contributed by atoms with Gasteiger partial charge in [0.2, 0.25) is 5.90 Å². The second-order valence-corrected chi connectivity index (χ2v) is 8.40. The summed E-state index contributed by atoms with van der Waals surface area (Å²) < 4.78 is 13.2. The molecular formula is C23H15BrINO3. The Morgan fingerprint density at radius 3 is 2.59 bits per heavy atom. The smallest absolute Gasteiger partial charge is 0.363 e. The molecule has 144 valence electrons. The predicted molar refractivity (Wildman–Crippen MR) is 125 cm³/mol. The summed E-state index contributed by atoms with van der Waals surface area (Å²) in [5.74, 6) is 0.596. The maximum atomic E-state index is 12.2. The Bertz CT molecular complexity index is 1120. The number of hydrogen-bond donors (Lipinski definition) is 0. The van der Waals surface area contributed by atoms with Gasteiger partial charge in [-0.15, -0.1) is 0 Å². The molecule has 6 heteroatoms. The number of ether oxygens (including phenoxy) is 2. The number of benzene rings is 3. The number of esters is 1. The highest BCUT2D eigenvalue weighted by Crippen LogP contribution is 2.24. The lowest BCUT2D eigenvalue weighted by Gasteiger charge is -2.07. The molecule has 0 N–H and O–H groups in total. The molecule has 0 bridgehead atoms. The van der Waals surface area contributed by atoms with E-state index in [-0.39, 0.29) is 5.70 Å². The molecule has 1 aliphatic rings. The Labute approximate surface area is 190 Å². The Morgan fingerprint density at radius 2 is 1.83 bits per heavy atom. The van der Waals surface area contributed by atoms with E-state index >= 15 is 0 Å². The number of cyclic esters (lactones) is 1. The van der Waals surface area contributed by atoms with Crippen LogP contribution in [0, 0.1) is 3.57 Å². The average molecular weight is 560 g/mol. The van der Waals surface area contributed by atoms with Crippen molar-refractivity contribution in [2.45, 2.75) is 6.61 Å². The van der Waals surface area contributed by atoms with Crippen LogP contribution in [0.5, 0.6) is 5.75 Å². The summed E-state index contributed by atoms with van der Waals surface area (Å²) in [5, 5.41) is 0. The van der Waals surface area contributed by atoms with Crippen LogP contribution in [0.1, 0.15) is 16.7 Å². The molecule has 0 atom stereocenters. The molecule has 1 aliphatic heterocycles. The summed E-state index contributed by atoms with van der Waals surface area (Å²) in [6.07, 6.45) is 1.70. The third kappa shape index (κ3) is 4.94. The van der Waals surface area contributed by atoms with Crippen molar-refractivity contribution in [3.05, 3.63) is 103 Å². The largest absolute Gasteiger partial charge is 0.489 e. The molecule has 0 spiro atoms. The first kappa shape index (κ1) is 19.8. The van der Waals surface area contributed by atoms with E-state index in [4.69, 9.17) is 9.47 Å². The number of hydrogen-bond acceptors (Lipinski definition) is 4. The Balaban J connectivity index is 1.47. The molecule has 1 heterocycles. The molecule has 0 aliphatic carbocycles. The van der Waals surface area contributed by atoms with Gasteiger partial charge >= 0.3 is 5.97 Å². The number of carbonyl (C=O) groups is 1. The van der Waals surface area contributed by atoms with Crippen LogP contribution < -0.4 is 4.74 Å². The lowest BCUT2D eigenvalue weighted by Crippen LogP contribution is -2.05. The fourth-order valence-electron chi connectivity index (χ4n) is 2.77. The van der Waals surface area contributed by atoms with E-state index in [9.17, 15) is 4.79 Å². The molecule has 0 unspecified atom stereocenters. The van der Waals surface area contributed by atoms with Gasteiger partial charge in [0.05, 0.1) is 5.56 Å². The molecule has 0 radical (unpaired) electrons. The SMILES string of the molecule is O=C1OC(c2ccccc2Br)=N/C1=C\c1ccc(OCc2cccc(I)c2)cc1. The van der Waals surface area contributed by atoms with Crippen molar-refractivity contribution in [1.29, 1.82) is 0 Å². The third-order valence-electron chi connectivity index (χ3n) is 4.20. The summed E-state index contributed by atoms with van der Waals surface area (Å²) in [5.41, 5.74) is 2.97. The quantitative estimate of drug-likeness (QED) is 0.219. The second kappa shape index (κ2) is 8.92. The van der Waals surface area contributed by atoms with Gasteiger partial charge in [0.15, 0.2) is 5.70 Å². The monoisotopic (exact) mass is 559 g/mol. The van der Waals surface area contributed by atoms with Crippen molar-refractivity contribution in [2.75, 3.05) is 0 Å². The van der Waals surface area contributed by atoms with Crippen molar-refractivity contribution in [2.24, 2.45) is 4.99 Å². The van der Waals surface area contributed by atoms with Gasteiger partial charge in [-0.2, -0.15) is 0 Å². The zero-order valence-corrected chi connectivity index (χ0v) is 18.9. The van der Waals surface area contributed by atoms with Crippen LogP contribution in [-0.2, 0) is 16.1 Å². The molecule has 0 amide bonds. The van der Waals surface area contributed by atoms with Crippen LogP contribution >= 0.6 is 38.5 Å². The number of carbonyl (C=O) groups excluding carboxylic acids is 1. The minimum absolute atomic E-state index is 0.267. The van der Waals surface area contributed by atoms with Gasteiger partial charge in [-0.3, -0.25) is 0 Å². The summed E-state index contributed by atoms with van der Waals surface area (Å²) >= 11 is 5.73. The molecule has 4 nitrogen and oxygen atoms in total. The van der Waals surface area contributed by atoms with E-state index in [2.05, 4.69) is 49.6 Å². The highest BCUT2D eigenvalue weighted by molar-refractivity contribution is 14.1. The molecule has 0 saturated carbocycles. The van der Waals surface area contributed by atoms with E-state index in [1.807, 2.05) is 66.7 Å². The summed E-state index contributed by atoms with van der Waals surface area (Å²) in [4.78, 5) is 16.5. The van der Waals surface area contributed by atoms with Crippen molar-refractivity contribution < 1.29 is 14.3 Å². The number of rotatable bonds is 5. The zero-order chi connectivity index (χ0) is 20.2. The summed E-state index contributed by atoms with van der Waals surface area (Å²) in [6.45, 7) is 0.503. The standard InChI is InChI=1S/C23H15BrINO3/c24-20-7-2-1-6-19(20)22-26-21(23(27)29-22)13-15-8-10-18(11-9-15)28-14-16-4-3-5-17(25)12-16/h1-13H,14H2/b21-13-. The Kier molecular flexibility index (Phi) is 6.10. The number of aliphatic imine (C=N–C) groups is 1. The van der Waals surface area contributed by atoms with Gasteiger partial charge in [0.1, 0.15) is 12.4 Å². The Morgan fingerprint density at radius 1 is 1.03 bits per heavy atom. The Hall–Kier alpha value is -2.45. The van der Waals surface area contributed by atoms with Crippen LogP contribution in [-0.4, -0.2) is 11.9 Å². The molecule has 0 fully saturated rings. The zero-order valence-electron chi connectivity index (χ0n) is 15.1. The van der Waals surface area contributed by atoms with Gasteiger partial charge in [-0.05, 0) is 92.1 Å². The van der Waals surface area contributed by atoms with Crippen LogP contribution in [0.25, 0.3) is 6.08 Å². The van der Waals surface area contributed by atoms with Crippen LogP contribution in [0.4, 0.5) is 0 Å². The predicted octanol–water partition coefficient (Wildman–Crippen LogP) is 5.98. The highest BCUT2D eigenvalue weighted by Gasteiger charge is 2.25. The van der Waals surface area contributed by atoms with E-state index in [1.165, 1.54) is 3.57 Å². The molecule has 0 saturated heterocycles. The molecule has 3 aromatic rings. The van der Waals surface area contributed by atoms with Crippen molar-refractivity contribution in [3.8, 4) is 5.75 Å². The minimum Gasteiger partial charge on any atom is -0.489 e. The highest BCUT2D eigenvalue weighted by atomic mass is 127. The van der Waals surface area contributed by atoms with Crippen molar-refractivity contribution >= 4 is 56.5 Å². The van der Waals surface area contributed by atoms with Crippen LogP contribution in [0.15, 0.2) is 88.0 Å². The molecule has 4 rings (SSSR count). The van der Waals surface area contributed by atoms with Crippen molar-refractivity contribution in [3.63, 3.8) is 0 Å². The fraction of sp³-hybridized carbons (Fsp3) is 0.0435. The molecule has 0 aromatic heterocycles. The van der Waals surface area contributed by atoms with E-state index in [1.54, 1.807) is 6.08 Å².